The first-order valence-corrected chi connectivity index (χ1v) is 7.24. The normalized spacial score (nSPS) is 10.3. The number of amides is 1. The van der Waals surface area contributed by atoms with Crippen molar-refractivity contribution in [1.82, 2.24) is 0 Å². The highest BCUT2D eigenvalue weighted by atomic mass is 32.2. The Kier molecular flexibility index (Phi) is 4.29. The molecule has 3 nitrogen and oxygen atoms in total. The van der Waals surface area contributed by atoms with Gasteiger partial charge in [-0.15, -0.1) is 11.8 Å². The molecule has 0 saturated carbocycles. The summed E-state index contributed by atoms with van der Waals surface area (Å²) < 4.78 is 13.6. The van der Waals surface area contributed by atoms with Gasteiger partial charge in [0.2, 0.25) is 0 Å². The van der Waals surface area contributed by atoms with Crippen LogP contribution >= 0.6 is 11.8 Å². The molecule has 0 aliphatic rings. The molecule has 0 aliphatic carbocycles. The fraction of sp³-hybridized carbons (Fsp3) is 0.133. The largest absolute Gasteiger partial charge is 0.398 e. The number of hydrogen-bond acceptors (Lipinski definition) is 3. The summed E-state index contributed by atoms with van der Waals surface area (Å²) in [5, 5.41) is 2.71. The zero-order valence-corrected chi connectivity index (χ0v) is 12.1. The van der Waals surface area contributed by atoms with E-state index in [1.54, 1.807) is 30.8 Å². The van der Waals surface area contributed by atoms with Gasteiger partial charge in [0.05, 0.1) is 0 Å². The van der Waals surface area contributed by atoms with E-state index in [9.17, 15) is 9.18 Å². The predicted octanol–water partition coefficient (Wildman–Crippen LogP) is 3.69. The van der Waals surface area contributed by atoms with Crippen LogP contribution in [0.25, 0.3) is 0 Å². The van der Waals surface area contributed by atoms with Gasteiger partial charge in [0.1, 0.15) is 5.82 Å². The minimum Gasteiger partial charge on any atom is -0.398 e. The lowest BCUT2D eigenvalue weighted by molar-refractivity contribution is 0.102. The molecule has 2 aromatic carbocycles. The lowest BCUT2D eigenvalue weighted by atomic mass is 10.1. The maximum atomic E-state index is 13.6. The number of nitrogen functional groups attached to an aromatic ring is 1. The molecular weight excluding hydrogens is 275 g/mol. The molecule has 0 radical (unpaired) electrons. The molecule has 104 valence electrons. The average molecular weight is 290 g/mol. The molecule has 2 aromatic rings. The smallest absolute Gasteiger partial charge is 0.255 e. The van der Waals surface area contributed by atoms with Gasteiger partial charge in [-0.25, -0.2) is 4.39 Å². The second kappa shape index (κ2) is 5.96. The van der Waals surface area contributed by atoms with E-state index >= 15 is 0 Å². The molecule has 0 spiro atoms. The molecular formula is C15H15FN2OS. The number of anilines is 2. The Hall–Kier alpha value is -2.01. The van der Waals surface area contributed by atoms with Crippen molar-refractivity contribution < 1.29 is 9.18 Å². The highest BCUT2D eigenvalue weighted by Crippen LogP contribution is 2.20. The van der Waals surface area contributed by atoms with Crippen molar-refractivity contribution in [1.29, 1.82) is 0 Å². The highest BCUT2D eigenvalue weighted by Gasteiger charge is 2.11. The number of benzene rings is 2. The molecule has 0 atom stereocenters. The second-order valence-corrected chi connectivity index (χ2v) is 5.23. The minimum absolute atomic E-state index is 0.208. The van der Waals surface area contributed by atoms with Crippen molar-refractivity contribution in [3.05, 3.63) is 53.3 Å². The quantitative estimate of drug-likeness (QED) is 0.669. The van der Waals surface area contributed by atoms with E-state index in [1.165, 1.54) is 12.1 Å². The number of nitrogens with one attached hydrogen (secondary N) is 1. The molecule has 5 heteroatoms. The van der Waals surface area contributed by atoms with E-state index in [-0.39, 0.29) is 17.2 Å². The van der Waals surface area contributed by atoms with Crippen LogP contribution in [0.1, 0.15) is 15.9 Å². The van der Waals surface area contributed by atoms with Crippen LogP contribution in [-0.2, 0) is 0 Å². The summed E-state index contributed by atoms with van der Waals surface area (Å²) in [5.41, 5.74) is 7.16. The topological polar surface area (TPSA) is 55.1 Å². The summed E-state index contributed by atoms with van der Waals surface area (Å²) in [4.78, 5) is 13.2. The van der Waals surface area contributed by atoms with E-state index in [4.69, 9.17) is 5.73 Å². The van der Waals surface area contributed by atoms with E-state index in [0.717, 1.165) is 4.90 Å². The predicted molar refractivity (Wildman–Crippen MR) is 81.7 cm³/mol. The van der Waals surface area contributed by atoms with E-state index in [1.807, 2.05) is 18.4 Å². The molecule has 0 heterocycles. The number of carbonyl (C=O) groups is 1. The first-order valence-electron chi connectivity index (χ1n) is 6.02. The van der Waals surface area contributed by atoms with Gasteiger partial charge >= 0.3 is 0 Å². The van der Waals surface area contributed by atoms with Crippen LogP contribution in [0, 0.1) is 12.7 Å². The van der Waals surface area contributed by atoms with Crippen LogP contribution in [0.4, 0.5) is 15.8 Å². The van der Waals surface area contributed by atoms with Crippen molar-refractivity contribution in [3.63, 3.8) is 0 Å². The maximum Gasteiger partial charge on any atom is 0.255 e. The van der Waals surface area contributed by atoms with Crippen LogP contribution in [-0.4, -0.2) is 12.2 Å². The Morgan fingerprint density at radius 2 is 1.90 bits per heavy atom. The van der Waals surface area contributed by atoms with Gasteiger partial charge in [-0.3, -0.25) is 4.79 Å². The van der Waals surface area contributed by atoms with E-state index < -0.39 is 5.82 Å². The van der Waals surface area contributed by atoms with Gasteiger partial charge < -0.3 is 11.1 Å². The molecule has 2 rings (SSSR count). The minimum atomic E-state index is -0.479. The van der Waals surface area contributed by atoms with Crippen LogP contribution < -0.4 is 11.1 Å². The van der Waals surface area contributed by atoms with E-state index in [0.29, 0.717) is 11.3 Å². The zero-order chi connectivity index (χ0) is 14.7. The first kappa shape index (κ1) is 14.4. The third-order valence-corrected chi connectivity index (χ3v) is 3.74. The molecule has 0 fully saturated rings. The summed E-state index contributed by atoms with van der Waals surface area (Å²) in [6.45, 7) is 1.58. The van der Waals surface area contributed by atoms with E-state index in [2.05, 4.69) is 5.32 Å². The summed E-state index contributed by atoms with van der Waals surface area (Å²) in [7, 11) is 0. The molecule has 1 amide bonds. The monoisotopic (exact) mass is 290 g/mol. The maximum absolute atomic E-state index is 13.6. The summed E-state index contributed by atoms with van der Waals surface area (Å²) in [6, 6.07) is 10.1. The molecule has 20 heavy (non-hydrogen) atoms. The van der Waals surface area contributed by atoms with Gasteiger partial charge in [0.25, 0.3) is 5.91 Å². The Morgan fingerprint density at radius 3 is 2.45 bits per heavy atom. The van der Waals surface area contributed by atoms with Gasteiger partial charge in [0, 0.05) is 27.4 Å². The number of rotatable bonds is 3. The Morgan fingerprint density at radius 1 is 1.25 bits per heavy atom. The first-order chi connectivity index (χ1) is 9.51. The molecule has 3 N–H and O–H groups in total. The van der Waals surface area contributed by atoms with Crippen LogP contribution in [0.2, 0.25) is 0 Å². The van der Waals surface area contributed by atoms with Crippen molar-refractivity contribution in [3.8, 4) is 0 Å². The molecule has 0 bridgehead atoms. The van der Waals surface area contributed by atoms with Crippen LogP contribution in [0.5, 0.6) is 0 Å². The van der Waals surface area contributed by atoms with Crippen molar-refractivity contribution in [2.75, 3.05) is 17.3 Å². The van der Waals surface area contributed by atoms with Gasteiger partial charge in [-0.2, -0.15) is 0 Å². The van der Waals surface area contributed by atoms with Crippen LogP contribution in [0.3, 0.4) is 0 Å². The fourth-order valence-electron chi connectivity index (χ4n) is 1.71. The third-order valence-electron chi connectivity index (χ3n) is 2.99. The Bertz CT molecular complexity index is 618. The SMILES string of the molecule is CSc1ccc(NC(=O)c2cc(N)c(C)c(F)c2)cc1. The number of nitrogens with two attached hydrogens (primary N) is 1. The van der Waals surface area contributed by atoms with Crippen molar-refractivity contribution in [2.24, 2.45) is 0 Å². The number of hydrogen-bond donors (Lipinski definition) is 2. The summed E-state index contributed by atoms with van der Waals surface area (Å²) >= 11 is 1.62. The number of carbonyl (C=O) groups excluding carboxylic acids is 1. The molecule has 0 unspecified atom stereocenters. The standard InChI is InChI=1S/C15H15FN2OS/c1-9-13(16)7-10(8-14(9)17)15(19)18-11-3-5-12(20-2)6-4-11/h3-8H,17H2,1-2H3,(H,18,19). The molecule has 0 saturated heterocycles. The molecule has 0 aliphatic heterocycles. The number of halogens is 1. The zero-order valence-electron chi connectivity index (χ0n) is 11.2. The van der Waals surface area contributed by atoms with Gasteiger partial charge in [-0.05, 0) is 49.6 Å². The Balaban J connectivity index is 2.19. The second-order valence-electron chi connectivity index (χ2n) is 4.35. The lowest BCUT2D eigenvalue weighted by Gasteiger charge is -2.08. The van der Waals surface area contributed by atoms with Crippen molar-refractivity contribution in [2.45, 2.75) is 11.8 Å². The van der Waals surface area contributed by atoms with Gasteiger partial charge in [0.15, 0.2) is 0 Å². The Labute approximate surface area is 121 Å². The van der Waals surface area contributed by atoms with Crippen molar-refractivity contribution >= 4 is 29.0 Å². The fourth-order valence-corrected chi connectivity index (χ4v) is 2.12. The van der Waals surface area contributed by atoms with Crippen LogP contribution in [0.15, 0.2) is 41.3 Å². The highest BCUT2D eigenvalue weighted by molar-refractivity contribution is 7.98. The third kappa shape index (κ3) is 3.11. The summed E-state index contributed by atoms with van der Waals surface area (Å²) in [6.07, 6.45) is 1.98. The molecule has 0 aromatic heterocycles. The average Bonchev–Trinajstić information content (AvgIpc) is 2.45. The lowest BCUT2D eigenvalue weighted by Crippen LogP contribution is -2.13. The summed E-state index contributed by atoms with van der Waals surface area (Å²) in [5.74, 6) is -0.861. The number of thioether (sulfide) groups is 1. The van der Waals surface area contributed by atoms with Gasteiger partial charge in [-0.1, -0.05) is 0 Å².